The van der Waals surface area contributed by atoms with Gasteiger partial charge in [-0.05, 0) is 11.1 Å². The minimum Gasteiger partial charge on any atom is -0.395 e. The second-order valence-electron chi connectivity index (χ2n) is 5.90. The Labute approximate surface area is 105 Å². The molecule has 0 fully saturated rings. The van der Waals surface area contributed by atoms with E-state index in [4.69, 9.17) is 4.74 Å². The first kappa shape index (κ1) is 14.2. The second kappa shape index (κ2) is 5.19. The monoisotopic (exact) mass is 236 g/mol. The highest BCUT2D eigenvalue weighted by Crippen LogP contribution is 2.34. The molecule has 17 heavy (non-hydrogen) atoms. The van der Waals surface area contributed by atoms with Gasteiger partial charge in [-0.1, -0.05) is 52.0 Å². The summed E-state index contributed by atoms with van der Waals surface area (Å²) >= 11 is 0. The van der Waals surface area contributed by atoms with Gasteiger partial charge in [0, 0.05) is 17.9 Å². The van der Waals surface area contributed by atoms with E-state index < -0.39 is 0 Å². The van der Waals surface area contributed by atoms with Crippen molar-refractivity contribution >= 4 is 0 Å². The van der Waals surface area contributed by atoms with Crippen molar-refractivity contribution < 1.29 is 9.84 Å². The zero-order valence-corrected chi connectivity index (χ0v) is 11.6. The number of aliphatic hydroxyl groups excluding tert-OH is 1. The van der Waals surface area contributed by atoms with Crippen molar-refractivity contribution in [3.63, 3.8) is 0 Å². The fraction of sp³-hybridized carbons (Fsp3) is 0.600. The fourth-order valence-electron chi connectivity index (χ4n) is 2.19. The van der Waals surface area contributed by atoms with Crippen molar-refractivity contribution in [3.05, 3.63) is 35.4 Å². The molecule has 1 rings (SSSR count). The van der Waals surface area contributed by atoms with Gasteiger partial charge in [0.05, 0.1) is 13.2 Å². The van der Waals surface area contributed by atoms with Crippen LogP contribution in [0.3, 0.4) is 0 Å². The molecule has 0 aliphatic heterocycles. The topological polar surface area (TPSA) is 29.5 Å². The largest absolute Gasteiger partial charge is 0.395 e. The number of aliphatic hydroxyl groups is 1. The maximum atomic E-state index is 9.54. The molecule has 0 aromatic heterocycles. The Morgan fingerprint density at radius 1 is 1.00 bits per heavy atom. The smallest absolute Gasteiger partial charge is 0.0553 e. The van der Waals surface area contributed by atoms with E-state index in [1.165, 1.54) is 11.1 Å². The molecule has 96 valence electrons. The van der Waals surface area contributed by atoms with Crippen LogP contribution in [0.25, 0.3) is 0 Å². The Hall–Kier alpha value is -0.860. The molecule has 0 amide bonds. The van der Waals surface area contributed by atoms with Crippen molar-refractivity contribution in [1.29, 1.82) is 0 Å². The van der Waals surface area contributed by atoms with Crippen LogP contribution in [0.2, 0.25) is 0 Å². The van der Waals surface area contributed by atoms with Gasteiger partial charge in [0.25, 0.3) is 0 Å². The van der Waals surface area contributed by atoms with Crippen molar-refractivity contribution in [3.8, 4) is 0 Å². The van der Waals surface area contributed by atoms with Gasteiger partial charge in [0.1, 0.15) is 0 Å². The maximum absolute atomic E-state index is 9.54. The van der Waals surface area contributed by atoms with E-state index in [-0.39, 0.29) is 17.4 Å². The van der Waals surface area contributed by atoms with E-state index in [0.717, 1.165) is 0 Å². The van der Waals surface area contributed by atoms with Crippen molar-refractivity contribution in [1.82, 2.24) is 0 Å². The molecule has 0 aliphatic rings. The van der Waals surface area contributed by atoms with Crippen LogP contribution < -0.4 is 0 Å². The summed E-state index contributed by atoms with van der Waals surface area (Å²) in [6.07, 6.45) is 0. The normalized spacial score (nSPS) is 12.8. The quantitative estimate of drug-likeness (QED) is 0.852. The number of methoxy groups -OCH3 is 1. The van der Waals surface area contributed by atoms with E-state index >= 15 is 0 Å². The summed E-state index contributed by atoms with van der Waals surface area (Å²) in [4.78, 5) is 0. The highest BCUT2D eigenvalue weighted by atomic mass is 16.5. The van der Waals surface area contributed by atoms with Crippen molar-refractivity contribution in [2.24, 2.45) is 0 Å². The van der Waals surface area contributed by atoms with Crippen LogP contribution in [0.15, 0.2) is 24.3 Å². The van der Waals surface area contributed by atoms with Crippen LogP contribution in [0.5, 0.6) is 0 Å². The summed E-state index contributed by atoms with van der Waals surface area (Å²) in [5.74, 6) is 0. The van der Waals surface area contributed by atoms with Gasteiger partial charge < -0.3 is 9.84 Å². The fourth-order valence-corrected chi connectivity index (χ4v) is 2.19. The molecule has 2 nitrogen and oxygen atoms in total. The summed E-state index contributed by atoms with van der Waals surface area (Å²) in [5, 5.41) is 9.54. The molecule has 0 radical (unpaired) electrons. The van der Waals surface area contributed by atoms with Gasteiger partial charge in [-0.15, -0.1) is 0 Å². The molecule has 0 bridgehead atoms. The van der Waals surface area contributed by atoms with E-state index in [1.807, 2.05) is 12.1 Å². The highest BCUT2D eigenvalue weighted by molar-refractivity contribution is 5.38. The number of ether oxygens (including phenoxy) is 1. The first-order valence-corrected chi connectivity index (χ1v) is 6.05. The molecule has 0 saturated heterocycles. The third kappa shape index (κ3) is 3.08. The molecule has 2 heteroatoms. The average Bonchev–Trinajstić information content (AvgIpc) is 2.29. The van der Waals surface area contributed by atoms with Gasteiger partial charge >= 0.3 is 0 Å². The summed E-state index contributed by atoms with van der Waals surface area (Å²) < 4.78 is 5.30. The molecule has 0 unspecified atom stereocenters. The number of hydrogen-bond acceptors (Lipinski definition) is 2. The molecular weight excluding hydrogens is 212 g/mol. The summed E-state index contributed by atoms with van der Waals surface area (Å²) in [6.45, 7) is 9.29. The van der Waals surface area contributed by atoms with Crippen LogP contribution in [0, 0.1) is 0 Å². The number of hydrogen-bond donors (Lipinski definition) is 1. The third-order valence-electron chi connectivity index (χ3n) is 3.29. The maximum Gasteiger partial charge on any atom is 0.0553 e. The first-order chi connectivity index (χ1) is 7.85. The molecule has 0 saturated carbocycles. The molecular formula is C15H24O2. The molecule has 0 spiro atoms. The van der Waals surface area contributed by atoms with Crippen LogP contribution in [0.4, 0.5) is 0 Å². The summed E-state index contributed by atoms with van der Waals surface area (Å²) in [7, 11) is 1.72. The Bertz CT molecular complexity index is 367. The lowest BCUT2D eigenvalue weighted by molar-refractivity contribution is 0.144. The molecule has 1 N–H and O–H groups in total. The van der Waals surface area contributed by atoms with E-state index in [0.29, 0.717) is 6.61 Å². The highest BCUT2D eigenvalue weighted by Gasteiger charge is 2.29. The van der Waals surface area contributed by atoms with Gasteiger partial charge in [-0.3, -0.25) is 0 Å². The summed E-state index contributed by atoms with van der Waals surface area (Å²) in [5.41, 5.74) is 2.18. The molecule has 1 aromatic carbocycles. The van der Waals surface area contributed by atoms with Crippen LogP contribution in [-0.4, -0.2) is 25.4 Å². The molecule has 1 aromatic rings. The van der Waals surface area contributed by atoms with Gasteiger partial charge in [0.15, 0.2) is 0 Å². The Kier molecular flexibility index (Phi) is 4.34. The van der Waals surface area contributed by atoms with E-state index in [9.17, 15) is 5.11 Å². The van der Waals surface area contributed by atoms with Crippen LogP contribution in [0.1, 0.15) is 38.8 Å². The van der Waals surface area contributed by atoms with Crippen LogP contribution in [-0.2, 0) is 15.6 Å². The van der Waals surface area contributed by atoms with E-state index in [1.54, 1.807) is 7.11 Å². The Morgan fingerprint density at radius 3 is 1.88 bits per heavy atom. The Balaban J connectivity index is 3.26. The minimum absolute atomic E-state index is 0.0439. The second-order valence-corrected chi connectivity index (χ2v) is 5.90. The lowest BCUT2D eigenvalue weighted by Crippen LogP contribution is -2.31. The van der Waals surface area contributed by atoms with Crippen molar-refractivity contribution in [2.75, 3.05) is 20.3 Å². The van der Waals surface area contributed by atoms with E-state index in [2.05, 4.69) is 39.8 Å². The van der Waals surface area contributed by atoms with Gasteiger partial charge in [-0.25, -0.2) is 0 Å². The molecule has 0 aliphatic carbocycles. The van der Waals surface area contributed by atoms with Gasteiger partial charge in [-0.2, -0.15) is 0 Å². The molecule has 0 heterocycles. The lowest BCUT2D eigenvalue weighted by atomic mass is 9.74. The standard InChI is InChI=1S/C15H24O2/c1-14(2,10-16)12-8-6-7-9-13(12)15(3,4)11-17-5/h6-9,16H,10-11H2,1-5H3. The predicted molar refractivity (Wildman–Crippen MR) is 71.5 cm³/mol. The Morgan fingerprint density at radius 2 is 1.47 bits per heavy atom. The SMILES string of the molecule is COCC(C)(C)c1ccccc1C(C)(C)CO. The van der Waals surface area contributed by atoms with Crippen molar-refractivity contribution in [2.45, 2.75) is 38.5 Å². The zero-order chi connectivity index (χ0) is 13.1. The average molecular weight is 236 g/mol. The summed E-state index contributed by atoms with van der Waals surface area (Å²) in [6, 6.07) is 8.30. The first-order valence-electron chi connectivity index (χ1n) is 6.05. The number of rotatable bonds is 5. The molecule has 0 atom stereocenters. The third-order valence-corrected chi connectivity index (χ3v) is 3.29. The van der Waals surface area contributed by atoms with Crippen LogP contribution >= 0.6 is 0 Å². The minimum atomic E-state index is -0.221. The number of benzene rings is 1. The lowest BCUT2D eigenvalue weighted by Gasteiger charge is -2.33. The zero-order valence-electron chi connectivity index (χ0n) is 11.6. The van der Waals surface area contributed by atoms with Gasteiger partial charge in [0.2, 0.25) is 0 Å². The predicted octanol–water partition coefficient (Wildman–Crippen LogP) is 2.88.